The van der Waals surface area contributed by atoms with E-state index in [9.17, 15) is 5.11 Å². The first kappa shape index (κ1) is 15.8. The van der Waals surface area contributed by atoms with Gasteiger partial charge in [0.1, 0.15) is 0 Å². The van der Waals surface area contributed by atoms with Gasteiger partial charge >= 0.3 is 0 Å². The first-order valence-electron chi connectivity index (χ1n) is 7.68. The Kier molecular flexibility index (Phi) is 4.84. The second-order valence-corrected chi connectivity index (χ2v) is 5.96. The van der Waals surface area contributed by atoms with E-state index in [1.165, 1.54) is 11.3 Å². The summed E-state index contributed by atoms with van der Waals surface area (Å²) in [6.07, 6.45) is 0.401. The summed E-state index contributed by atoms with van der Waals surface area (Å²) in [5.74, 6) is 0.781. The van der Waals surface area contributed by atoms with E-state index < -0.39 is 6.10 Å². The molecular formula is C18H20ClN3O. The van der Waals surface area contributed by atoms with Gasteiger partial charge in [-0.25, -0.2) is 0 Å². The summed E-state index contributed by atoms with van der Waals surface area (Å²) < 4.78 is 0. The molecular weight excluding hydrogens is 310 g/mol. The zero-order valence-electron chi connectivity index (χ0n) is 13.0. The maximum Gasteiger partial charge on any atom is 0.198 e. The average molecular weight is 330 g/mol. The van der Waals surface area contributed by atoms with E-state index in [1.54, 1.807) is 19.2 Å². The van der Waals surface area contributed by atoms with Gasteiger partial charge < -0.3 is 15.3 Å². The lowest BCUT2D eigenvalue weighted by atomic mass is 10.1. The van der Waals surface area contributed by atoms with Crippen molar-refractivity contribution in [1.82, 2.24) is 5.32 Å². The number of halogens is 1. The Labute approximate surface area is 141 Å². The number of nitrogens with zero attached hydrogens (tertiary/aromatic N) is 2. The zero-order chi connectivity index (χ0) is 16.2. The lowest BCUT2D eigenvalue weighted by Gasteiger charge is -2.23. The van der Waals surface area contributed by atoms with E-state index in [2.05, 4.69) is 33.4 Å². The maximum absolute atomic E-state index is 10.3. The zero-order valence-corrected chi connectivity index (χ0v) is 13.8. The van der Waals surface area contributed by atoms with Crippen LogP contribution in [0.4, 0.5) is 5.69 Å². The summed E-state index contributed by atoms with van der Waals surface area (Å²) in [7, 11) is 1.76. The van der Waals surface area contributed by atoms with Gasteiger partial charge in [-0.15, -0.1) is 0 Å². The second kappa shape index (κ2) is 7.02. The number of aliphatic imine (C=N–C) groups is 1. The number of nitrogens with one attached hydrogen (secondary N) is 1. The summed E-state index contributed by atoms with van der Waals surface area (Å²) in [6, 6.07) is 15.6. The van der Waals surface area contributed by atoms with Crippen LogP contribution in [-0.4, -0.2) is 31.2 Å². The molecule has 120 valence electrons. The number of hydrogen-bond donors (Lipinski definition) is 2. The number of anilines is 1. The van der Waals surface area contributed by atoms with Crippen LogP contribution in [0, 0.1) is 0 Å². The van der Waals surface area contributed by atoms with Crippen molar-refractivity contribution in [2.75, 3.05) is 25.0 Å². The lowest BCUT2D eigenvalue weighted by Crippen LogP contribution is -2.42. The van der Waals surface area contributed by atoms with Crippen LogP contribution in [0.2, 0.25) is 5.02 Å². The Morgan fingerprint density at radius 1 is 1.26 bits per heavy atom. The second-order valence-electron chi connectivity index (χ2n) is 5.53. The Morgan fingerprint density at radius 3 is 2.74 bits per heavy atom. The van der Waals surface area contributed by atoms with Crippen LogP contribution in [0.25, 0.3) is 0 Å². The molecule has 1 heterocycles. The van der Waals surface area contributed by atoms with Crippen LogP contribution in [0.5, 0.6) is 0 Å². The van der Waals surface area contributed by atoms with Crippen molar-refractivity contribution in [3.8, 4) is 0 Å². The third-order valence-electron chi connectivity index (χ3n) is 4.06. The van der Waals surface area contributed by atoms with Crippen LogP contribution in [0.3, 0.4) is 0 Å². The molecule has 23 heavy (non-hydrogen) atoms. The minimum absolute atomic E-state index is 0.396. The molecule has 0 spiro atoms. The van der Waals surface area contributed by atoms with Crippen LogP contribution in [0.15, 0.2) is 53.5 Å². The molecule has 0 saturated carbocycles. The molecule has 1 aliphatic rings. The van der Waals surface area contributed by atoms with Gasteiger partial charge in [0, 0.05) is 30.8 Å². The molecule has 2 N–H and O–H groups in total. The molecule has 0 fully saturated rings. The molecule has 0 amide bonds. The number of para-hydroxylation sites is 1. The Morgan fingerprint density at radius 2 is 2.00 bits per heavy atom. The molecule has 1 aliphatic heterocycles. The number of fused-ring (bicyclic) bond motifs is 1. The Balaban J connectivity index is 1.66. The molecule has 0 bridgehead atoms. The van der Waals surface area contributed by atoms with E-state index in [-0.39, 0.29) is 0 Å². The number of aliphatic hydroxyl groups is 1. The van der Waals surface area contributed by atoms with Gasteiger partial charge in [-0.05, 0) is 35.7 Å². The van der Waals surface area contributed by atoms with E-state index in [0.29, 0.717) is 11.6 Å². The molecule has 5 heteroatoms. The highest BCUT2D eigenvalue weighted by Crippen LogP contribution is 2.27. The van der Waals surface area contributed by atoms with Crippen molar-refractivity contribution < 1.29 is 5.11 Å². The van der Waals surface area contributed by atoms with Crippen molar-refractivity contribution in [2.24, 2.45) is 4.99 Å². The van der Waals surface area contributed by atoms with Gasteiger partial charge in [0.15, 0.2) is 5.96 Å². The van der Waals surface area contributed by atoms with Crippen molar-refractivity contribution in [1.29, 1.82) is 0 Å². The maximum atomic E-state index is 10.3. The fourth-order valence-electron chi connectivity index (χ4n) is 2.84. The van der Waals surface area contributed by atoms with E-state index in [1.807, 2.05) is 18.2 Å². The van der Waals surface area contributed by atoms with E-state index >= 15 is 0 Å². The summed E-state index contributed by atoms with van der Waals surface area (Å²) in [6.45, 7) is 1.29. The number of rotatable bonds is 3. The highest BCUT2D eigenvalue weighted by Gasteiger charge is 2.22. The van der Waals surface area contributed by atoms with Gasteiger partial charge in [-0.1, -0.05) is 41.9 Å². The van der Waals surface area contributed by atoms with Gasteiger partial charge in [-0.2, -0.15) is 0 Å². The minimum atomic E-state index is -0.609. The number of guanidine groups is 1. The molecule has 0 radical (unpaired) electrons. The van der Waals surface area contributed by atoms with Crippen LogP contribution in [0.1, 0.15) is 17.2 Å². The van der Waals surface area contributed by atoms with Crippen molar-refractivity contribution in [3.63, 3.8) is 0 Å². The predicted octanol–water partition coefficient (Wildman–Crippen LogP) is 3.01. The van der Waals surface area contributed by atoms with Crippen molar-refractivity contribution >= 4 is 23.2 Å². The van der Waals surface area contributed by atoms with Crippen LogP contribution >= 0.6 is 11.6 Å². The molecule has 0 saturated heterocycles. The standard InChI is InChI=1S/C18H20ClN3O/c1-20-18(22-11-10-13-4-2-3-5-16(13)22)21-12-17(23)14-6-8-15(19)9-7-14/h2-9,17,23H,10-12H2,1H3,(H,20,21). The predicted molar refractivity (Wildman–Crippen MR) is 95.3 cm³/mol. The monoisotopic (exact) mass is 329 g/mol. The highest BCUT2D eigenvalue weighted by atomic mass is 35.5. The quantitative estimate of drug-likeness (QED) is 0.672. The first-order chi connectivity index (χ1) is 11.2. The summed E-state index contributed by atoms with van der Waals surface area (Å²) in [5, 5.41) is 14.2. The smallest absolute Gasteiger partial charge is 0.198 e. The summed E-state index contributed by atoms with van der Waals surface area (Å²) >= 11 is 5.88. The number of hydrogen-bond acceptors (Lipinski definition) is 2. The van der Waals surface area contributed by atoms with Crippen LogP contribution in [-0.2, 0) is 6.42 Å². The normalized spacial score (nSPS) is 15.4. The molecule has 2 aromatic rings. The van der Waals surface area contributed by atoms with Crippen molar-refractivity contribution in [3.05, 3.63) is 64.7 Å². The molecule has 1 unspecified atom stereocenters. The summed E-state index contributed by atoms with van der Waals surface area (Å²) in [5.41, 5.74) is 3.34. The topological polar surface area (TPSA) is 47.9 Å². The van der Waals surface area contributed by atoms with E-state index in [4.69, 9.17) is 11.6 Å². The summed E-state index contributed by atoms with van der Waals surface area (Å²) in [4.78, 5) is 6.50. The Bertz CT molecular complexity index is 700. The molecule has 1 atom stereocenters. The first-order valence-corrected chi connectivity index (χ1v) is 8.06. The Hall–Kier alpha value is -2.04. The van der Waals surface area contributed by atoms with Crippen LogP contribution < -0.4 is 10.2 Å². The highest BCUT2D eigenvalue weighted by molar-refractivity contribution is 6.30. The van der Waals surface area contributed by atoms with Gasteiger partial charge in [0.05, 0.1) is 6.10 Å². The third-order valence-corrected chi connectivity index (χ3v) is 4.31. The molecule has 0 aromatic heterocycles. The van der Waals surface area contributed by atoms with Gasteiger partial charge in [0.2, 0.25) is 0 Å². The fourth-order valence-corrected chi connectivity index (χ4v) is 2.97. The number of aliphatic hydroxyl groups excluding tert-OH is 1. The minimum Gasteiger partial charge on any atom is -0.387 e. The molecule has 4 nitrogen and oxygen atoms in total. The largest absolute Gasteiger partial charge is 0.387 e. The van der Waals surface area contributed by atoms with Crippen molar-refractivity contribution in [2.45, 2.75) is 12.5 Å². The number of benzene rings is 2. The third kappa shape index (κ3) is 3.49. The molecule has 2 aromatic carbocycles. The average Bonchev–Trinajstić information content (AvgIpc) is 3.00. The lowest BCUT2D eigenvalue weighted by molar-refractivity contribution is 0.181. The fraction of sp³-hybridized carbons (Fsp3) is 0.278. The SMILES string of the molecule is CN=C(NCC(O)c1ccc(Cl)cc1)N1CCc2ccccc21. The van der Waals surface area contributed by atoms with E-state index in [0.717, 1.165) is 24.5 Å². The van der Waals surface area contributed by atoms with Gasteiger partial charge in [-0.3, -0.25) is 4.99 Å². The molecule has 3 rings (SSSR count). The van der Waals surface area contributed by atoms with Gasteiger partial charge in [0.25, 0.3) is 0 Å². The molecule has 0 aliphatic carbocycles.